The second-order valence-electron chi connectivity index (χ2n) is 8.84. The SMILES string of the molecule is CSSC(C)(CCOCCOCCC(C)C)OCCOCCOCCC(=O)NC/C=C/C(C)C. The van der Waals surface area contributed by atoms with Crippen LogP contribution in [0, 0.1) is 11.8 Å². The molecular formula is C25H49NO6S2. The fraction of sp³-hybridized carbons (Fsp3) is 0.880. The van der Waals surface area contributed by atoms with E-state index in [1.165, 1.54) is 0 Å². The van der Waals surface area contributed by atoms with Crippen molar-refractivity contribution < 1.29 is 28.5 Å². The van der Waals surface area contributed by atoms with Crippen LogP contribution in [0.5, 0.6) is 0 Å². The molecule has 1 N–H and O–H groups in total. The molecule has 0 fully saturated rings. The van der Waals surface area contributed by atoms with Gasteiger partial charge in [0.2, 0.25) is 5.91 Å². The summed E-state index contributed by atoms with van der Waals surface area (Å²) >= 11 is 0. The highest BCUT2D eigenvalue weighted by Crippen LogP contribution is 2.37. The van der Waals surface area contributed by atoms with Crippen molar-refractivity contribution in [3.63, 3.8) is 0 Å². The van der Waals surface area contributed by atoms with Gasteiger partial charge in [0.05, 0.1) is 52.9 Å². The van der Waals surface area contributed by atoms with Crippen molar-refractivity contribution in [1.29, 1.82) is 0 Å². The zero-order valence-electron chi connectivity index (χ0n) is 22.3. The van der Waals surface area contributed by atoms with Crippen LogP contribution in [0.1, 0.15) is 53.9 Å². The summed E-state index contributed by atoms with van der Waals surface area (Å²) in [5.41, 5.74) is 0. The summed E-state index contributed by atoms with van der Waals surface area (Å²) in [6.45, 7) is 16.3. The summed E-state index contributed by atoms with van der Waals surface area (Å²) in [4.78, 5) is 11.4. The molecule has 0 aliphatic rings. The van der Waals surface area contributed by atoms with Gasteiger partial charge in [-0.15, -0.1) is 0 Å². The smallest absolute Gasteiger partial charge is 0.222 e. The highest BCUT2D eigenvalue weighted by Gasteiger charge is 2.25. The van der Waals surface area contributed by atoms with E-state index >= 15 is 0 Å². The van der Waals surface area contributed by atoms with E-state index in [4.69, 9.17) is 23.7 Å². The number of nitrogens with one attached hydrogen (secondary N) is 1. The van der Waals surface area contributed by atoms with Crippen molar-refractivity contribution in [2.45, 2.75) is 58.8 Å². The molecular weight excluding hydrogens is 474 g/mol. The average molecular weight is 524 g/mol. The second kappa shape index (κ2) is 23.1. The molecule has 9 heteroatoms. The van der Waals surface area contributed by atoms with Crippen LogP contribution in [0.4, 0.5) is 0 Å². The van der Waals surface area contributed by atoms with E-state index in [0.717, 1.165) is 19.4 Å². The maximum absolute atomic E-state index is 11.7. The lowest BCUT2D eigenvalue weighted by Gasteiger charge is -2.28. The number of hydrogen-bond donors (Lipinski definition) is 1. The molecule has 0 saturated heterocycles. The Balaban J connectivity index is 3.69. The maximum atomic E-state index is 11.7. The van der Waals surface area contributed by atoms with Crippen LogP contribution in [-0.4, -0.2) is 83.1 Å². The van der Waals surface area contributed by atoms with Crippen molar-refractivity contribution in [3.8, 4) is 0 Å². The third-order valence-electron chi connectivity index (χ3n) is 4.59. The van der Waals surface area contributed by atoms with Gasteiger partial charge in [-0.25, -0.2) is 0 Å². The van der Waals surface area contributed by atoms with Gasteiger partial charge in [-0.2, -0.15) is 0 Å². The fourth-order valence-corrected chi connectivity index (χ4v) is 4.72. The lowest BCUT2D eigenvalue weighted by molar-refractivity contribution is -0.122. The molecule has 0 heterocycles. The van der Waals surface area contributed by atoms with Crippen molar-refractivity contribution in [2.75, 3.05) is 72.3 Å². The maximum Gasteiger partial charge on any atom is 0.222 e. The summed E-state index contributed by atoms with van der Waals surface area (Å²) in [7, 11) is 3.39. The Morgan fingerprint density at radius 3 is 2.09 bits per heavy atom. The van der Waals surface area contributed by atoms with Gasteiger partial charge < -0.3 is 29.0 Å². The molecule has 7 nitrogen and oxygen atoms in total. The highest BCUT2D eigenvalue weighted by molar-refractivity contribution is 8.76. The molecule has 0 saturated carbocycles. The Kier molecular flexibility index (Phi) is 22.9. The predicted molar refractivity (Wildman–Crippen MR) is 144 cm³/mol. The molecule has 1 unspecified atom stereocenters. The van der Waals surface area contributed by atoms with Crippen molar-refractivity contribution in [3.05, 3.63) is 12.2 Å². The van der Waals surface area contributed by atoms with Gasteiger partial charge in [0.1, 0.15) is 4.93 Å². The molecule has 0 rings (SSSR count). The monoisotopic (exact) mass is 523 g/mol. The van der Waals surface area contributed by atoms with Crippen molar-refractivity contribution in [1.82, 2.24) is 5.32 Å². The quantitative estimate of drug-likeness (QED) is 0.0824. The molecule has 1 amide bonds. The van der Waals surface area contributed by atoms with Gasteiger partial charge in [-0.1, -0.05) is 61.4 Å². The van der Waals surface area contributed by atoms with Crippen molar-refractivity contribution in [2.24, 2.45) is 11.8 Å². The predicted octanol–water partition coefficient (Wildman–Crippen LogP) is 4.95. The van der Waals surface area contributed by atoms with Crippen LogP contribution in [0.2, 0.25) is 0 Å². The Morgan fingerprint density at radius 1 is 0.882 bits per heavy atom. The molecule has 0 bridgehead atoms. The van der Waals surface area contributed by atoms with Gasteiger partial charge in [-0.05, 0) is 31.4 Å². The molecule has 0 radical (unpaired) electrons. The van der Waals surface area contributed by atoms with Gasteiger partial charge in [-0.3, -0.25) is 4.79 Å². The molecule has 1 atom stereocenters. The normalized spacial score (nSPS) is 13.8. The standard InChI is InChI=1S/C25H49NO6S2/c1-22(2)8-7-12-26-24(27)10-14-29-17-19-31-20-21-32-25(5,34-33-6)11-15-30-18-16-28-13-9-23(3)4/h7-8,22-23H,9-21H2,1-6H3,(H,26,27)/b8-7+. The summed E-state index contributed by atoms with van der Waals surface area (Å²) in [6.07, 6.45) is 8.32. The van der Waals surface area contributed by atoms with E-state index in [1.54, 1.807) is 21.6 Å². The van der Waals surface area contributed by atoms with E-state index in [2.05, 4.69) is 46.0 Å². The van der Waals surface area contributed by atoms with Gasteiger partial charge in [0.25, 0.3) is 0 Å². The van der Waals surface area contributed by atoms with Crippen LogP contribution in [0.25, 0.3) is 0 Å². The van der Waals surface area contributed by atoms with Crippen LogP contribution in [0.15, 0.2) is 12.2 Å². The molecule has 0 aliphatic heterocycles. The number of carbonyl (C=O) groups excluding carboxylic acids is 1. The van der Waals surface area contributed by atoms with Gasteiger partial charge in [0, 0.05) is 26.0 Å². The molecule has 0 aliphatic carbocycles. The number of rotatable bonds is 24. The van der Waals surface area contributed by atoms with E-state index in [1.807, 2.05) is 12.3 Å². The molecule has 0 spiro atoms. The first-order valence-corrected chi connectivity index (χ1v) is 14.9. The fourth-order valence-electron chi connectivity index (χ4n) is 2.62. The zero-order chi connectivity index (χ0) is 25.5. The average Bonchev–Trinajstić information content (AvgIpc) is 2.77. The minimum absolute atomic E-state index is 0.00376. The van der Waals surface area contributed by atoms with E-state index in [0.29, 0.717) is 77.7 Å². The topological polar surface area (TPSA) is 75.2 Å². The van der Waals surface area contributed by atoms with E-state index in [-0.39, 0.29) is 10.8 Å². The molecule has 34 heavy (non-hydrogen) atoms. The van der Waals surface area contributed by atoms with Crippen LogP contribution in [-0.2, 0) is 28.5 Å². The first-order chi connectivity index (χ1) is 16.3. The number of amides is 1. The minimum atomic E-state index is -0.324. The summed E-state index contributed by atoms with van der Waals surface area (Å²) in [6, 6.07) is 0. The first-order valence-electron chi connectivity index (χ1n) is 12.4. The summed E-state index contributed by atoms with van der Waals surface area (Å²) in [5.74, 6) is 1.16. The van der Waals surface area contributed by atoms with Crippen LogP contribution in [0.3, 0.4) is 0 Å². The van der Waals surface area contributed by atoms with Crippen molar-refractivity contribution >= 4 is 27.5 Å². The molecule has 0 aromatic rings. The Bertz CT molecular complexity index is 508. The van der Waals surface area contributed by atoms with Crippen LogP contribution >= 0.6 is 21.6 Å². The molecule has 0 aromatic carbocycles. The second-order valence-corrected chi connectivity index (χ2v) is 11.7. The summed E-state index contributed by atoms with van der Waals surface area (Å²) < 4.78 is 28.4. The molecule has 0 aromatic heterocycles. The van der Waals surface area contributed by atoms with Gasteiger partial charge in [0.15, 0.2) is 0 Å². The molecule has 202 valence electrons. The van der Waals surface area contributed by atoms with E-state index in [9.17, 15) is 4.79 Å². The highest BCUT2D eigenvalue weighted by atomic mass is 33.1. The minimum Gasteiger partial charge on any atom is -0.379 e. The Hall–Kier alpha value is -0.290. The summed E-state index contributed by atoms with van der Waals surface area (Å²) in [5, 5.41) is 2.84. The largest absolute Gasteiger partial charge is 0.379 e. The Morgan fingerprint density at radius 2 is 1.47 bits per heavy atom. The Labute approximate surface area is 216 Å². The number of ether oxygens (including phenoxy) is 5. The lowest BCUT2D eigenvalue weighted by atomic mass is 10.1. The third-order valence-corrected chi connectivity index (χ3v) is 6.99. The lowest BCUT2D eigenvalue weighted by Crippen LogP contribution is -2.28. The zero-order valence-corrected chi connectivity index (χ0v) is 23.9. The van der Waals surface area contributed by atoms with E-state index < -0.39 is 0 Å². The third kappa shape index (κ3) is 23.5. The van der Waals surface area contributed by atoms with Gasteiger partial charge >= 0.3 is 0 Å². The number of carbonyl (C=O) groups is 1. The van der Waals surface area contributed by atoms with Crippen LogP contribution < -0.4 is 5.32 Å². The first kappa shape index (κ1) is 33.7. The number of hydrogen-bond acceptors (Lipinski definition) is 8. The number of allylic oxidation sites excluding steroid dienone is 1.